The summed E-state index contributed by atoms with van der Waals surface area (Å²) in [5, 5.41) is 4.34. The fraction of sp³-hybridized carbons (Fsp3) is 1.00. The van der Waals surface area contributed by atoms with Crippen LogP contribution in [0.25, 0.3) is 0 Å². The van der Waals surface area contributed by atoms with Crippen LogP contribution in [0.15, 0.2) is 0 Å². The fourth-order valence-corrected chi connectivity index (χ4v) is 4.42. The van der Waals surface area contributed by atoms with Gasteiger partial charge in [0.25, 0.3) is 0 Å². The van der Waals surface area contributed by atoms with Crippen LogP contribution < -0.4 is 11.1 Å². The first kappa shape index (κ1) is 10.8. The van der Waals surface area contributed by atoms with E-state index in [0.717, 1.165) is 24.9 Å². The van der Waals surface area contributed by atoms with Crippen molar-refractivity contribution in [2.24, 2.45) is 5.73 Å². The van der Waals surface area contributed by atoms with E-state index in [-0.39, 0.29) is 0 Å². The Kier molecular flexibility index (Phi) is 3.74. The lowest BCUT2D eigenvalue weighted by atomic mass is 9.97. The lowest BCUT2D eigenvalue weighted by Crippen LogP contribution is -2.45. The molecule has 1 heterocycles. The van der Waals surface area contributed by atoms with Crippen molar-refractivity contribution in [3.63, 3.8) is 0 Å². The summed E-state index contributed by atoms with van der Waals surface area (Å²) in [6, 6.07) is 0. The van der Waals surface area contributed by atoms with Gasteiger partial charge >= 0.3 is 0 Å². The number of hydrogen-bond donors (Lipinski definition) is 2. The molecule has 0 atom stereocenters. The zero-order chi connectivity index (χ0) is 9.86. The van der Waals surface area contributed by atoms with Crippen molar-refractivity contribution in [3.05, 3.63) is 0 Å². The quantitative estimate of drug-likeness (QED) is 0.751. The molecule has 1 saturated heterocycles. The van der Waals surface area contributed by atoms with Gasteiger partial charge in [-0.1, -0.05) is 12.8 Å². The predicted molar refractivity (Wildman–Crippen MR) is 63.7 cm³/mol. The van der Waals surface area contributed by atoms with Crippen LogP contribution in [0, 0.1) is 0 Å². The molecule has 0 bridgehead atoms. The van der Waals surface area contributed by atoms with Gasteiger partial charge in [0.1, 0.15) is 0 Å². The van der Waals surface area contributed by atoms with Crippen LogP contribution in [0.2, 0.25) is 0 Å². The summed E-state index contributed by atoms with van der Waals surface area (Å²) < 4.78 is 0.417. The average molecular weight is 214 g/mol. The highest BCUT2D eigenvalue weighted by Gasteiger charge is 2.34. The van der Waals surface area contributed by atoms with Gasteiger partial charge in [0.2, 0.25) is 0 Å². The van der Waals surface area contributed by atoms with E-state index in [1.807, 2.05) is 0 Å². The van der Waals surface area contributed by atoms with Gasteiger partial charge < -0.3 is 11.1 Å². The number of hydrogen-bond acceptors (Lipinski definition) is 3. The molecule has 0 radical (unpaired) electrons. The zero-order valence-corrected chi connectivity index (χ0v) is 9.74. The first-order valence-electron chi connectivity index (χ1n) is 5.93. The third kappa shape index (κ3) is 2.44. The average Bonchev–Trinajstić information content (AvgIpc) is 2.72. The van der Waals surface area contributed by atoms with Crippen molar-refractivity contribution >= 4 is 11.8 Å². The molecular formula is C11H22N2S. The van der Waals surface area contributed by atoms with Crippen LogP contribution in [0.3, 0.4) is 0 Å². The first-order valence-corrected chi connectivity index (χ1v) is 6.81. The molecule has 1 aliphatic heterocycles. The van der Waals surface area contributed by atoms with E-state index in [0.29, 0.717) is 4.75 Å². The Morgan fingerprint density at radius 2 is 1.86 bits per heavy atom. The van der Waals surface area contributed by atoms with Crippen molar-refractivity contribution in [2.75, 3.05) is 19.6 Å². The zero-order valence-electron chi connectivity index (χ0n) is 8.93. The SMILES string of the molecule is NCC1(SC2CCCC2)CCNCC1. The molecule has 0 unspecified atom stereocenters. The summed E-state index contributed by atoms with van der Waals surface area (Å²) in [7, 11) is 0. The maximum atomic E-state index is 5.97. The molecule has 0 aromatic carbocycles. The maximum absolute atomic E-state index is 5.97. The minimum atomic E-state index is 0.417. The van der Waals surface area contributed by atoms with E-state index >= 15 is 0 Å². The van der Waals surface area contributed by atoms with Crippen molar-refractivity contribution in [2.45, 2.75) is 48.5 Å². The van der Waals surface area contributed by atoms with E-state index in [9.17, 15) is 0 Å². The number of thioether (sulfide) groups is 1. The van der Waals surface area contributed by atoms with Crippen molar-refractivity contribution < 1.29 is 0 Å². The maximum Gasteiger partial charge on any atom is 0.0309 e. The Hall–Kier alpha value is 0.270. The van der Waals surface area contributed by atoms with E-state index in [2.05, 4.69) is 17.1 Å². The van der Waals surface area contributed by atoms with Gasteiger partial charge in [-0.3, -0.25) is 0 Å². The standard InChI is InChI=1S/C11H22N2S/c12-9-11(5-7-13-8-6-11)14-10-3-1-2-4-10/h10,13H,1-9,12H2. The largest absolute Gasteiger partial charge is 0.329 e. The Labute approximate surface area is 91.4 Å². The minimum absolute atomic E-state index is 0.417. The fourth-order valence-electron chi connectivity index (χ4n) is 2.61. The molecule has 3 heteroatoms. The summed E-state index contributed by atoms with van der Waals surface area (Å²) in [4.78, 5) is 0. The van der Waals surface area contributed by atoms with Crippen LogP contribution in [0.1, 0.15) is 38.5 Å². The molecule has 1 aliphatic carbocycles. The number of nitrogens with one attached hydrogen (secondary N) is 1. The van der Waals surface area contributed by atoms with Crippen molar-refractivity contribution in [1.82, 2.24) is 5.32 Å². The van der Waals surface area contributed by atoms with E-state index in [4.69, 9.17) is 5.73 Å². The van der Waals surface area contributed by atoms with E-state index in [1.54, 1.807) is 0 Å². The molecule has 2 aliphatic rings. The summed E-state index contributed by atoms with van der Waals surface area (Å²) in [6.07, 6.45) is 8.28. The van der Waals surface area contributed by atoms with E-state index in [1.165, 1.54) is 38.5 Å². The molecule has 3 N–H and O–H groups in total. The third-order valence-electron chi connectivity index (χ3n) is 3.61. The smallest absolute Gasteiger partial charge is 0.0309 e. The van der Waals surface area contributed by atoms with E-state index < -0.39 is 0 Å². The Balaban J connectivity index is 1.89. The molecular weight excluding hydrogens is 192 g/mol. The second kappa shape index (κ2) is 4.86. The Morgan fingerprint density at radius 3 is 2.43 bits per heavy atom. The van der Waals surface area contributed by atoms with Crippen molar-refractivity contribution in [3.8, 4) is 0 Å². The highest BCUT2D eigenvalue weighted by Crippen LogP contribution is 2.41. The van der Waals surface area contributed by atoms with Crippen LogP contribution in [-0.4, -0.2) is 29.6 Å². The Morgan fingerprint density at radius 1 is 1.21 bits per heavy atom. The second-order valence-electron chi connectivity index (χ2n) is 4.66. The molecule has 14 heavy (non-hydrogen) atoms. The molecule has 2 rings (SSSR count). The summed E-state index contributed by atoms with van der Waals surface area (Å²) >= 11 is 2.21. The van der Waals surface area contributed by atoms with Gasteiger partial charge in [-0.05, 0) is 38.8 Å². The van der Waals surface area contributed by atoms with Crippen molar-refractivity contribution in [1.29, 1.82) is 0 Å². The highest BCUT2D eigenvalue weighted by atomic mass is 32.2. The number of piperidine rings is 1. The minimum Gasteiger partial charge on any atom is -0.329 e. The molecule has 0 aromatic heterocycles. The summed E-state index contributed by atoms with van der Waals surface area (Å²) in [5.41, 5.74) is 5.97. The predicted octanol–water partition coefficient (Wildman–Crippen LogP) is 1.74. The van der Waals surface area contributed by atoms with Gasteiger partial charge in [-0.25, -0.2) is 0 Å². The van der Waals surface area contributed by atoms with Crippen LogP contribution in [0.5, 0.6) is 0 Å². The lowest BCUT2D eigenvalue weighted by Gasteiger charge is -2.38. The van der Waals surface area contributed by atoms with Gasteiger partial charge in [0.05, 0.1) is 0 Å². The van der Waals surface area contributed by atoms with Gasteiger partial charge in [0.15, 0.2) is 0 Å². The molecule has 2 fully saturated rings. The first-order chi connectivity index (χ1) is 6.85. The van der Waals surface area contributed by atoms with Gasteiger partial charge in [-0.2, -0.15) is 11.8 Å². The normalized spacial score (nSPS) is 28.1. The molecule has 0 spiro atoms. The molecule has 0 amide bonds. The topological polar surface area (TPSA) is 38.0 Å². The van der Waals surface area contributed by atoms with Gasteiger partial charge in [-0.15, -0.1) is 0 Å². The lowest BCUT2D eigenvalue weighted by molar-refractivity contribution is 0.418. The van der Waals surface area contributed by atoms with Crippen LogP contribution >= 0.6 is 11.8 Å². The number of rotatable bonds is 3. The summed E-state index contributed by atoms with van der Waals surface area (Å²) in [5.74, 6) is 0. The molecule has 1 saturated carbocycles. The van der Waals surface area contributed by atoms with Crippen LogP contribution in [0.4, 0.5) is 0 Å². The molecule has 2 nitrogen and oxygen atoms in total. The van der Waals surface area contributed by atoms with Gasteiger partial charge in [0, 0.05) is 16.5 Å². The van der Waals surface area contributed by atoms with Crippen LogP contribution in [-0.2, 0) is 0 Å². The number of nitrogens with two attached hydrogens (primary N) is 1. The second-order valence-corrected chi connectivity index (χ2v) is 6.43. The molecule has 0 aromatic rings. The third-order valence-corrected chi connectivity index (χ3v) is 5.49. The monoisotopic (exact) mass is 214 g/mol. The summed E-state index contributed by atoms with van der Waals surface area (Å²) in [6.45, 7) is 3.20. The Bertz CT molecular complexity index is 172. The highest BCUT2D eigenvalue weighted by molar-refractivity contribution is 8.01. The molecule has 82 valence electrons.